The number of rotatable bonds is 6. The maximum atomic E-state index is 14.2. The highest BCUT2D eigenvalue weighted by molar-refractivity contribution is 6.06. The average Bonchev–Trinajstić information content (AvgIpc) is 3.08. The van der Waals surface area contributed by atoms with E-state index in [1.165, 1.54) is 11.1 Å². The summed E-state index contributed by atoms with van der Waals surface area (Å²) in [4.78, 5) is 30.1. The largest absolute Gasteiger partial charge is 0.357 e. The molecule has 2 atom stereocenters. The van der Waals surface area contributed by atoms with Gasteiger partial charge in [-0.3, -0.25) is 14.5 Å². The molecule has 0 spiro atoms. The first-order valence-corrected chi connectivity index (χ1v) is 14.8. The van der Waals surface area contributed by atoms with E-state index in [9.17, 15) is 9.59 Å². The van der Waals surface area contributed by atoms with Gasteiger partial charge in [0, 0.05) is 24.1 Å². The van der Waals surface area contributed by atoms with Gasteiger partial charge in [-0.05, 0) is 59.9 Å². The summed E-state index contributed by atoms with van der Waals surface area (Å²) in [5, 5.41) is 3.66. The van der Waals surface area contributed by atoms with Crippen LogP contribution in [0.1, 0.15) is 100 Å². The second-order valence-electron chi connectivity index (χ2n) is 12.5. The number of para-hydroxylation sites is 2. The van der Waals surface area contributed by atoms with Crippen LogP contribution in [0.4, 0.5) is 11.4 Å². The van der Waals surface area contributed by atoms with Crippen molar-refractivity contribution in [1.29, 1.82) is 0 Å². The average molecular weight is 535 g/mol. The van der Waals surface area contributed by atoms with Gasteiger partial charge in [0.25, 0.3) is 0 Å². The third-order valence-electron chi connectivity index (χ3n) is 8.39. The first kappa shape index (κ1) is 27.9. The van der Waals surface area contributed by atoms with Crippen LogP contribution < -0.4 is 10.2 Å². The number of carbonyl (C=O) groups is 2. The highest BCUT2D eigenvalue weighted by Gasteiger charge is 2.41. The van der Waals surface area contributed by atoms with Crippen molar-refractivity contribution >= 4 is 23.1 Å². The standard InChI is InChI=1S/C36H42N2O2/c1-6-7-8-13-33(40)38-31-12-10-9-11-29(31)37-30-22-27(25-18-20-28(21-19-25)36(3,4)5)23-32(39)34(30)35(38)26-16-14-24(2)15-17-26/h9-12,14-21,27,35,37H,6-8,13,22-23H2,1-5H3/t27-,35+/m0/s1. The molecule has 1 heterocycles. The number of benzene rings is 3. The van der Waals surface area contributed by atoms with Crippen molar-refractivity contribution in [3.8, 4) is 0 Å². The number of ketones is 1. The number of unbranched alkanes of at least 4 members (excludes halogenated alkanes) is 2. The van der Waals surface area contributed by atoms with Crippen molar-refractivity contribution in [1.82, 2.24) is 0 Å². The van der Waals surface area contributed by atoms with E-state index in [-0.39, 0.29) is 23.0 Å². The van der Waals surface area contributed by atoms with Gasteiger partial charge in [-0.1, -0.05) is 107 Å². The van der Waals surface area contributed by atoms with Gasteiger partial charge in [0.2, 0.25) is 5.91 Å². The Hall–Kier alpha value is -3.66. The first-order chi connectivity index (χ1) is 19.2. The number of hydrogen-bond donors (Lipinski definition) is 1. The second-order valence-corrected chi connectivity index (χ2v) is 12.5. The summed E-state index contributed by atoms with van der Waals surface area (Å²) in [5.74, 6) is 0.267. The molecule has 0 fully saturated rings. The fourth-order valence-electron chi connectivity index (χ4n) is 6.07. The third-order valence-corrected chi connectivity index (χ3v) is 8.39. The number of aryl methyl sites for hydroxylation is 1. The number of nitrogens with one attached hydrogen (secondary N) is 1. The molecule has 1 aliphatic carbocycles. The molecule has 5 rings (SSSR count). The minimum atomic E-state index is -0.461. The van der Waals surface area contributed by atoms with E-state index in [0.717, 1.165) is 59.5 Å². The van der Waals surface area contributed by atoms with Gasteiger partial charge in [0.1, 0.15) is 0 Å². The fraction of sp³-hybridized carbons (Fsp3) is 0.389. The van der Waals surface area contributed by atoms with E-state index in [1.54, 1.807) is 0 Å². The molecule has 3 aromatic carbocycles. The zero-order chi connectivity index (χ0) is 28.4. The summed E-state index contributed by atoms with van der Waals surface area (Å²) in [6, 6.07) is 24.6. The molecule has 0 aromatic heterocycles. The number of allylic oxidation sites excluding steroid dienone is 1. The lowest BCUT2D eigenvalue weighted by Crippen LogP contribution is -2.38. The minimum Gasteiger partial charge on any atom is -0.357 e. The Labute approximate surface area is 239 Å². The van der Waals surface area contributed by atoms with Gasteiger partial charge < -0.3 is 5.32 Å². The lowest BCUT2D eigenvalue weighted by Gasteiger charge is -2.35. The van der Waals surface area contributed by atoms with Crippen LogP contribution in [-0.4, -0.2) is 11.7 Å². The number of fused-ring (bicyclic) bond motifs is 1. The molecular formula is C36H42N2O2. The quantitative estimate of drug-likeness (QED) is 0.322. The van der Waals surface area contributed by atoms with E-state index in [4.69, 9.17) is 0 Å². The third kappa shape index (κ3) is 5.63. The number of Topliss-reactive ketones (excluding diaryl/α,β-unsaturated/α-hetero) is 1. The van der Waals surface area contributed by atoms with Gasteiger partial charge in [-0.2, -0.15) is 0 Å². The molecule has 4 nitrogen and oxygen atoms in total. The van der Waals surface area contributed by atoms with E-state index in [2.05, 4.69) is 88.5 Å². The van der Waals surface area contributed by atoms with Crippen LogP contribution in [0.15, 0.2) is 84.1 Å². The van der Waals surface area contributed by atoms with Crippen LogP contribution >= 0.6 is 0 Å². The van der Waals surface area contributed by atoms with Crippen molar-refractivity contribution < 1.29 is 9.59 Å². The molecular weight excluding hydrogens is 492 g/mol. The zero-order valence-electron chi connectivity index (χ0n) is 24.6. The van der Waals surface area contributed by atoms with Crippen LogP contribution in [0.5, 0.6) is 0 Å². The van der Waals surface area contributed by atoms with Crippen molar-refractivity contribution in [2.24, 2.45) is 0 Å². The topological polar surface area (TPSA) is 49.4 Å². The zero-order valence-corrected chi connectivity index (χ0v) is 24.6. The van der Waals surface area contributed by atoms with Crippen molar-refractivity contribution in [3.63, 3.8) is 0 Å². The van der Waals surface area contributed by atoms with Crippen molar-refractivity contribution in [2.75, 3.05) is 10.2 Å². The molecule has 0 unspecified atom stereocenters. The second kappa shape index (κ2) is 11.4. The summed E-state index contributed by atoms with van der Waals surface area (Å²) >= 11 is 0. The van der Waals surface area contributed by atoms with Gasteiger partial charge in [-0.25, -0.2) is 0 Å². The minimum absolute atomic E-state index is 0.0646. The molecule has 1 N–H and O–H groups in total. The van der Waals surface area contributed by atoms with E-state index in [0.29, 0.717) is 12.8 Å². The monoisotopic (exact) mass is 534 g/mol. The summed E-state index contributed by atoms with van der Waals surface area (Å²) in [6.07, 6.45) is 4.53. The first-order valence-electron chi connectivity index (χ1n) is 14.8. The molecule has 2 aliphatic rings. The smallest absolute Gasteiger partial charge is 0.227 e. The predicted octanol–water partition coefficient (Wildman–Crippen LogP) is 8.77. The van der Waals surface area contributed by atoms with Crippen LogP contribution in [0.3, 0.4) is 0 Å². The van der Waals surface area contributed by atoms with Gasteiger partial charge in [0.05, 0.1) is 17.4 Å². The van der Waals surface area contributed by atoms with Crippen LogP contribution in [0.2, 0.25) is 0 Å². The Morgan fingerprint density at radius 2 is 1.57 bits per heavy atom. The summed E-state index contributed by atoms with van der Waals surface area (Å²) in [5.41, 5.74) is 8.06. The highest BCUT2D eigenvalue weighted by atomic mass is 16.2. The lowest BCUT2D eigenvalue weighted by atomic mass is 9.77. The molecule has 0 radical (unpaired) electrons. The fourth-order valence-corrected chi connectivity index (χ4v) is 6.07. The number of carbonyl (C=O) groups excluding carboxylic acids is 2. The Morgan fingerprint density at radius 1 is 0.900 bits per heavy atom. The normalized spacial score (nSPS) is 19.0. The predicted molar refractivity (Wildman–Crippen MR) is 165 cm³/mol. The summed E-state index contributed by atoms with van der Waals surface area (Å²) in [6.45, 7) is 10.9. The van der Waals surface area contributed by atoms with Gasteiger partial charge in [0.15, 0.2) is 5.78 Å². The molecule has 1 amide bonds. The summed E-state index contributed by atoms with van der Waals surface area (Å²) < 4.78 is 0. The summed E-state index contributed by atoms with van der Waals surface area (Å²) in [7, 11) is 0. The number of nitrogens with zero attached hydrogens (tertiary/aromatic N) is 1. The van der Waals surface area contributed by atoms with Crippen LogP contribution in [0, 0.1) is 6.92 Å². The lowest BCUT2D eigenvalue weighted by molar-refractivity contribution is -0.119. The molecule has 0 saturated carbocycles. The highest BCUT2D eigenvalue weighted by Crippen LogP contribution is 2.47. The Morgan fingerprint density at radius 3 is 2.25 bits per heavy atom. The molecule has 40 heavy (non-hydrogen) atoms. The van der Waals surface area contributed by atoms with Gasteiger partial charge in [-0.15, -0.1) is 0 Å². The molecule has 4 heteroatoms. The van der Waals surface area contributed by atoms with E-state index < -0.39 is 6.04 Å². The SMILES string of the molecule is CCCCCC(=O)N1c2ccccc2NC2=C(C(=O)C[C@@H](c3ccc(C(C)(C)C)cc3)C2)[C@H]1c1ccc(C)cc1. The van der Waals surface area contributed by atoms with Crippen LogP contribution in [-0.2, 0) is 15.0 Å². The van der Waals surface area contributed by atoms with Crippen LogP contribution in [0.25, 0.3) is 0 Å². The Kier molecular flexibility index (Phi) is 7.98. The molecule has 1 aliphatic heterocycles. The number of amides is 1. The maximum Gasteiger partial charge on any atom is 0.227 e. The van der Waals surface area contributed by atoms with Gasteiger partial charge >= 0.3 is 0 Å². The van der Waals surface area contributed by atoms with E-state index in [1.807, 2.05) is 29.2 Å². The molecule has 208 valence electrons. The van der Waals surface area contributed by atoms with Crippen molar-refractivity contribution in [2.45, 2.75) is 90.5 Å². The van der Waals surface area contributed by atoms with Crippen molar-refractivity contribution in [3.05, 3.63) is 106 Å². The number of hydrogen-bond acceptors (Lipinski definition) is 3. The van der Waals surface area contributed by atoms with E-state index >= 15 is 0 Å². The maximum absolute atomic E-state index is 14.2. The molecule has 3 aromatic rings. The number of anilines is 2. The Bertz CT molecular complexity index is 1410. The Balaban J connectivity index is 1.61. The molecule has 0 bridgehead atoms. The molecule has 0 saturated heterocycles.